The first-order chi connectivity index (χ1) is 14.9. The SMILES string of the molecule is C=CCOc1ccc2c(-c3ccccc3)c(C(=O)c3[nH]c(C)c(C(C)=O)c3C)oc2c1. The Morgan fingerprint density at radius 2 is 1.87 bits per heavy atom. The van der Waals surface area contributed by atoms with Crippen molar-refractivity contribution in [3.8, 4) is 16.9 Å². The van der Waals surface area contributed by atoms with Crippen LogP contribution in [0.15, 0.2) is 65.6 Å². The van der Waals surface area contributed by atoms with Crippen molar-refractivity contribution in [1.29, 1.82) is 0 Å². The summed E-state index contributed by atoms with van der Waals surface area (Å²) in [6.45, 7) is 9.10. The lowest BCUT2D eigenvalue weighted by molar-refractivity contribution is 0.101. The van der Waals surface area contributed by atoms with Crippen LogP contribution >= 0.6 is 0 Å². The van der Waals surface area contributed by atoms with Gasteiger partial charge in [-0.3, -0.25) is 9.59 Å². The van der Waals surface area contributed by atoms with Gasteiger partial charge in [-0.15, -0.1) is 0 Å². The van der Waals surface area contributed by atoms with Gasteiger partial charge in [0.15, 0.2) is 11.5 Å². The lowest BCUT2D eigenvalue weighted by Gasteiger charge is -2.04. The average molecular weight is 413 g/mol. The first-order valence-corrected chi connectivity index (χ1v) is 10.0. The highest BCUT2D eigenvalue weighted by Gasteiger charge is 2.27. The Balaban J connectivity index is 1.92. The van der Waals surface area contributed by atoms with E-state index >= 15 is 0 Å². The number of aromatic amines is 1. The summed E-state index contributed by atoms with van der Waals surface area (Å²) < 4.78 is 11.7. The Bertz CT molecular complexity index is 1310. The molecule has 4 aromatic rings. The molecule has 0 saturated heterocycles. The smallest absolute Gasteiger partial charge is 0.245 e. The molecule has 5 heteroatoms. The highest BCUT2D eigenvalue weighted by Crippen LogP contribution is 2.38. The number of aryl methyl sites for hydroxylation is 1. The van der Waals surface area contributed by atoms with Crippen molar-refractivity contribution in [2.45, 2.75) is 20.8 Å². The van der Waals surface area contributed by atoms with Gasteiger partial charge in [-0.05, 0) is 44.0 Å². The van der Waals surface area contributed by atoms with Crippen LogP contribution < -0.4 is 4.74 Å². The standard InChI is InChI=1S/C26H23NO4/c1-5-13-30-19-11-12-20-21(14-19)31-26(23(20)18-9-7-6-8-10-18)25(29)24-15(2)22(17(4)28)16(3)27-24/h5-12,14,27H,1,13H2,2-4H3. The summed E-state index contributed by atoms with van der Waals surface area (Å²) in [5, 5.41) is 0.813. The average Bonchev–Trinajstić information content (AvgIpc) is 3.28. The maximum Gasteiger partial charge on any atom is 0.245 e. The van der Waals surface area contributed by atoms with E-state index in [1.165, 1.54) is 6.92 Å². The first-order valence-electron chi connectivity index (χ1n) is 10.0. The zero-order chi connectivity index (χ0) is 22.1. The molecule has 0 spiro atoms. The normalized spacial score (nSPS) is 10.9. The molecule has 0 aliphatic heterocycles. The highest BCUT2D eigenvalue weighted by molar-refractivity contribution is 6.16. The number of H-pyrrole nitrogens is 1. The van der Waals surface area contributed by atoms with E-state index in [0.29, 0.717) is 46.0 Å². The third-order valence-corrected chi connectivity index (χ3v) is 5.31. The minimum atomic E-state index is -0.295. The number of fused-ring (bicyclic) bond motifs is 1. The van der Waals surface area contributed by atoms with Crippen molar-refractivity contribution in [3.63, 3.8) is 0 Å². The molecule has 5 nitrogen and oxygen atoms in total. The Morgan fingerprint density at radius 3 is 2.52 bits per heavy atom. The maximum absolute atomic E-state index is 13.6. The fraction of sp³-hybridized carbons (Fsp3) is 0.154. The van der Waals surface area contributed by atoms with E-state index in [9.17, 15) is 9.59 Å². The maximum atomic E-state index is 13.6. The van der Waals surface area contributed by atoms with Crippen LogP contribution in [-0.2, 0) is 0 Å². The number of rotatable bonds is 7. The molecular formula is C26H23NO4. The molecule has 0 radical (unpaired) electrons. The van der Waals surface area contributed by atoms with E-state index in [2.05, 4.69) is 11.6 Å². The molecule has 1 N–H and O–H groups in total. The zero-order valence-corrected chi connectivity index (χ0v) is 17.7. The molecular weight excluding hydrogens is 390 g/mol. The molecule has 31 heavy (non-hydrogen) atoms. The van der Waals surface area contributed by atoms with Gasteiger partial charge in [0.25, 0.3) is 0 Å². The van der Waals surface area contributed by atoms with Crippen molar-refractivity contribution in [2.75, 3.05) is 6.61 Å². The molecule has 0 amide bonds. The van der Waals surface area contributed by atoms with E-state index in [4.69, 9.17) is 9.15 Å². The summed E-state index contributed by atoms with van der Waals surface area (Å²) in [6.07, 6.45) is 1.67. The molecule has 2 aromatic heterocycles. The number of hydrogen-bond acceptors (Lipinski definition) is 4. The van der Waals surface area contributed by atoms with Gasteiger partial charge in [-0.25, -0.2) is 0 Å². The van der Waals surface area contributed by atoms with Gasteiger partial charge in [-0.1, -0.05) is 43.0 Å². The number of nitrogens with one attached hydrogen (secondary N) is 1. The summed E-state index contributed by atoms with van der Waals surface area (Å²) >= 11 is 0. The summed E-state index contributed by atoms with van der Waals surface area (Å²) in [5.74, 6) is 0.478. The summed E-state index contributed by atoms with van der Waals surface area (Å²) in [5.41, 5.74) is 4.35. The van der Waals surface area contributed by atoms with Crippen molar-refractivity contribution < 1.29 is 18.7 Å². The Morgan fingerprint density at radius 1 is 1.13 bits per heavy atom. The fourth-order valence-corrected chi connectivity index (χ4v) is 3.99. The monoisotopic (exact) mass is 413 g/mol. The van der Waals surface area contributed by atoms with Gasteiger partial charge in [0.05, 0.1) is 5.69 Å². The second-order valence-corrected chi connectivity index (χ2v) is 7.44. The lowest BCUT2D eigenvalue weighted by Crippen LogP contribution is -2.05. The molecule has 0 fully saturated rings. The molecule has 0 unspecified atom stereocenters. The number of ketones is 2. The number of carbonyl (C=O) groups excluding carboxylic acids is 2. The van der Waals surface area contributed by atoms with E-state index in [-0.39, 0.29) is 17.3 Å². The van der Waals surface area contributed by atoms with Gasteiger partial charge in [0.1, 0.15) is 17.9 Å². The van der Waals surface area contributed by atoms with Crippen molar-refractivity contribution in [1.82, 2.24) is 4.98 Å². The third-order valence-electron chi connectivity index (χ3n) is 5.31. The van der Waals surface area contributed by atoms with Gasteiger partial charge >= 0.3 is 0 Å². The van der Waals surface area contributed by atoms with Crippen LogP contribution in [0, 0.1) is 13.8 Å². The first kappa shape index (κ1) is 20.4. The molecule has 0 bridgehead atoms. The molecule has 2 heterocycles. The third kappa shape index (κ3) is 3.59. The van der Waals surface area contributed by atoms with Crippen LogP contribution in [0.3, 0.4) is 0 Å². The van der Waals surface area contributed by atoms with Gasteiger partial charge in [-0.2, -0.15) is 0 Å². The Kier molecular flexibility index (Phi) is 5.34. The van der Waals surface area contributed by atoms with Crippen LogP contribution in [0.25, 0.3) is 22.1 Å². The molecule has 4 rings (SSSR count). The van der Waals surface area contributed by atoms with Crippen LogP contribution in [0.1, 0.15) is 44.8 Å². The van der Waals surface area contributed by atoms with Gasteiger partial charge in [0, 0.05) is 28.3 Å². The summed E-state index contributed by atoms with van der Waals surface area (Å²) in [7, 11) is 0. The summed E-state index contributed by atoms with van der Waals surface area (Å²) in [4.78, 5) is 28.7. The number of carbonyl (C=O) groups is 2. The predicted octanol–water partition coefficient (Wildman–Crippen LogP) is 6.04. The van der Waals surface area contributed by atoms with Gasteiger partial charge < -0.3 is 14.1 Å². The number of Topliss-reactive ketones (excluding diaryl/α,β-unsaturated/α-hetero) is 1. The summed E-state index contributed by atoms with van der Waals surface area (Å²) in [6, 6.07) is 15.2. The quantitative estimate of drug-likeness (QED) is 0.296. The van der Waals surface area contributed by atoms with Crippen LogP contribution in [-0.4, -0.2) is 23.2 Å². The number of hydrogen-bond donors (Lipinski definition) is 1. The van der Waals surface area contributed by atoms with Crippen molar-refractivity contribution in [3.05, 3.63) is 89.5 Å². The molecule has 2 aromatic carbocycles. The van der Waals surface area contributed by atoms with Crippen LogP contribution in [0.4, 0.5) is 0 Å². The second-order valence-electron chi connectivity index (χ2n) is 7.44. The second kappa shape index (κ2) is 8.11. The van der Waals surface area contributed by atoms with Crippen molar-refractivity contribution >= 4 is 22.5 Å². The highest BCUT2D eigenvalue weighted by atomic mass is 16.5. The fourth-order valence-electron chi connectivity index (χ4n) is 3.99. The van der Waals surface area contributed by atoms with Crippen LogP contribution in [0.5, 0.6) is 5.75 Å². The number of aromatic nitrogens is 1. The molecule has 0 atom stereocenters. The molecule has 0 aliphatic rings. The largest absolute Gasteiger partial charge is 0.489 e. The molecule has 0 saturated carbocycles. The zero-order valence-electron chi connectivity index (χ0n) is 17.7. The van der Waals surface area contributed by atoms with E-state index in [0.717, 1.165) is 10.9 Å². The van der Waals surface area contributed by atoms with Gasteiger partial charge in [0.2, 0.25) is 5.78 Å². The predicted molar refractivity (Wildman–Crippen MR) is 121 cm³/mol. The topological polar surface area (TPSA) is 72.3 Å². The van der Waals surface area contributed by atoms with Crippen LogP contribution in [0.2, 0.25) is 0 Å². The number of benzene rings is 2. The molecule has 0 aliphatic carbocycles. The minimum absolute atomic E-state index is 0.0813. The Labute approximate surface area is 180 Å². The number of furan rings is 1. The Hall–Kier alpha value is -3.86. The number of ether oxygens (including phenoxy) is 1. The van der Waals surface area contributed by atoms with E-state index < -0.39 is 0 Å². The minimum Gasteiger partial charge on any atom is -0.489 e. The lowest BCUT2D eigenvalue weighted by atomic mass is 9.98. The van der Waals surface area contributed by atoms with E-state index in [1.54, 1.807) is 26.0 Å². The van der Waals surface area contributed by atoms with Crippen molar-refractivity contribution in [2.24, 2.45) is 0 Å². The molecule has 156 valence electrons. The van der Waals surface area contributed by atoms with E-state index in [1.807, 2.05) is 42.5 Å².